The first-order valence-electron chi connectivity index (χ1n) is 16.7. The van der Waals surface area contributed by atoms with Crippen LogP contribution in [0.2, 0.25) is 0 Å². The Hall–Kier alpha value is -5.15. The van der Waals surface area contributed by atoms with E-state index >= 15 is 0 Å². The SMILES string of the molecule is Cc1ccc(N(c2cccc(COS(=O)(=O)c3ccccc3)c2)c2ccc(C)c(COS(=O)(=O)c3ccccc3)c2)cc1COS(=O)(=O)c1ccccc1. The molecule has 0 unspecified atom stereocenters. The minimum absolute atomic E-state index is 0.0372. The Morgan fingerprint density at radius 3 is 1.19 bits per heavy atom. The lowest BCUT2D eigenvalue weighted by Gasteiger charge is -2.27. The molecule has 0 fully saturated rings. The molecule has 54 heavy (non-hydrogen) atoms. The van der Waals surface area contributed by atoms with E-state index in [0.717, 1.165) is 11.1 Å². The van der Waals surface area contributed by atoms with Crippen molar-refractivity contribution < 1.29 is 37.8 Å². The average Bonchev–Trinajstić information content (AvgIpc) is 3.18. The Kier molecular flexibility index (Phi) is 11.8. The molecule has 13 heteroatoms. The van der Waals surface area contributed by atoms with Gasteiger partial charge in [0.05, 0.1) is 34.5 Å². The zero-order valence-corrected chi connectivity index (χ0v) is 31.9. The van der Waals surface area contributed by atoms with E-state index in [1.807, 2.05) is 61.2 Å². The number of rotatable bonds is 15. The first-order chi connectivity index (χ1) is 25.8. The molecular formula is C41H37NO9S3. The van der Waals surface area contributed by atoms with Gasteiger partial charge in [0.15, 0.2) is 0 Å². The highest BCUT2D eigenvalue weighted by Crippen LogP contribution is 2.37. The van der Waals surface area contributed by atoms with Crippen LogP contribution >= 0.6 is 0 Å². The first-order valence-corrected chi connectivity index (χ1v) is 21.0. The minimum Gasteiger partial charge on any atom is -0.310 e. The van der Waals surface area contributed by atoms with Crippen molar-refractivity contribution in [1.82, 2.24) is 0 Å². The highest BCUT2D eigenvalue weighted by Gasteiger charge is 2.21. The van der Waals surface area contributed by atoms with Gasteiger partial charge in [0.2, 0.25) is 0 Å². The number of hydrogen-bond donors (Lipinski definition) is 0. The number of aryl methyl sites for hydroxylation is 2. The molecule has 10 nitrogen and oxygen atoms in total. The number of anilines is 3. The van der Waals surface area contributed by atoms with Crippen molar-refractivity contribution in [2.45, 2.75) is 48.4 Å². The van der Waals surface area contributed by atoms with Crippen LogP contribution in [-0.4, -0.2) is 25.3 Å². The second kappa shape index (κ2) is 16.5. The van der Waals surface area contributed by atoms with E-state index in [4.69, 9.17) is 12.5 Å². The van der Waals surface area contributed by atoms with Crippen LogP contribution < -0.4 is 4.90 Å². The Balaban J connectivity index is 1.36. The Morgan fingerprint density at radius 2 is 0.778 bits per heavy atom. The van der Waals surface area contributed by atoms with Crippen molar-refractivity contribution in [3.8, 4) is 0 Å². The van der Waals surface area contributed by atoms with Crippen molar-refractivity contribution in [2.24, 2.45) is 0 Å². The molecule has 0 aromatic heterocycles. The fourth-order valence-corrected chi connectivity index (χ4v) is 8.27. The van der Waals surface area contributed by atoms with Crippen LogP contribution in [0.1, 0.15) is 27.8 Å². The van der Waals surface area contributed by atoms with E-state index in [1.54, 1.807) is 72.8 Å². The number of benzene rings is 6. The second-order valence-corrected chi connectivity index (χ2v) is 17.2. The van der Waals surface area contributed by atoms with Crippen LogP contribution in [-0.2, 0) is 62.7 Å². The number of hydrogen-bond acceptors (Lipinski definition) is 10. The molecule has 0 spiro atoms. The summed E-state index contributed by atoms with van der Waals surface area (Å²) in [7, 11) is -12.1. The second-order valence-electron chi connectivity index (χ2n) is 12.3. The van der Waals surface area contributed by atoms with E-state index in [-0.39, 0.29) is 34.5 Å². The Morgan fingerprint density at radius 1 is 0.407 bits per heavy atom. The third-order valence-corrected chi connectivity index (χ3v) is 12.4. The summed E-state index contributed by atoms with van der Waals surface area (Å²) in [4.78, 5) is 2.00. The Labute approximate surface area is 316 Å². The molecule has 0 bridgehead atoms. The molecule has 0 heterocycles. The minimum atomic E-state index is -4.05. The standard InChI is InChI=1S/C41H37NO9S3/c1-31-21-23-37(26-34(31)29-50-53(45,46)40-17-8-4-9-18-40)42(36-14-12-13-33(25-36)28-49-52(43,44)39-15-6-3-7-16-39)38-24-22-32(2)35(27-38)30-51-54(47,48)41-19-10-5-11-20-41/h3-27H,28-30H2,1-2H3. The summed E-state index contributed by atoms with van der Waals surface area (Å²) >= 11 is 0. The van der Waals surface area contributed by atoms with E-state index in [2.05, 4.69) is 0 Å². The molecule has 6 aromatic rings. The molecule has 0 aliphatic carbocycles. The predicted octanol–water partition coefficient (Wildman–Crippen LogP) is 8.49. The van der Waals surface area contributed by atoms with Crippen molar-refractivity contribution >= 4 is 47.4 Å². The van der Waals surface area contributed by atoms with Crippen LogP contribution in [0.3, 0.4) is 0 Å². The van der Waals surface area contributed by atoms with Gasteiger partial charge in [-0.05, 0) is 114 Å². The van der Waals surface area contributed by atoms with Gasteiger partial charge in [-0.3, -0.25) is 12.5 Å². The summed E-state index contributed by atoms with van der Waals surface area (Å²) in [6, 6.07) is 41.8. The van der Waals surface area contributed by atoms with Crippen molar-refractivity contribution in [2.75, 3.05) is 4.90 Å². The summed E-state index contributed by atoms with van der Waals surface area (Å²) in [6.45, 7) is 2.98. The highest BCUT2D eigenvalue weighted by molar-refractivity contribution is 7.87. The molecule has 0 radical (unpaired) electrons. The smallest absolute Gasteiger partial charge is 0.297 e. The largest absolute Gasteiger partial charge is 0.310 e. The van der Waals surface area contributed by atoms with Crippen LogP contribution in [0.25, 0.3) is 0 Å². The normalized spacial score (nSPS) is 12.0. The van der Waals surface area contributed by atoms with Crippen LogP contribution in [0, 0.1) is 13.8 Å². The molecule has 0 amide bonds. The van der Waals surface area contributed by atoms with Crippen molar-refractivity contribution in [1.29, 1.82) is 0 Å². The number of nitrogens with zero attached hydrogens (tertiary/aromatic N) is 1. The van der Waals surface area contributed by atoms with E-state index in [0.29, 0.717) is 33.8 Å². The molecule has 0 aliphatic rings. The molecule has 6 aromatic carbocycles. The molecule has 0 N–H and O–H groups in total. The fourth-order valence-electron chi connectivity index (χ4n) is 5.53. The van der Waals surface area contributed by atoms with Gasteiger partial charge < -0.3 is 4.90 Å². The first kappa shape index (κ1) is 38.6. The van der Waals surface area contributed by atoms with E-state index in [9.17, 15) is 25.3 Å². The van der Waals surface area contributed by atoms with Crippen LogP contribution in [0.15, 0.2) is 166 Å². The van der Waals surface area contributed by atoms with E-state index < -0.39 is 30.4 Å². The topological polar surface area (TPSA) is 133 Å². The van der Waals surface area contributed by atoms with Crippen molar-refractivity contribution in [3.05, 3.63) is 179 Å². The lowest BCUT2D eigenvalue weighted by Crippen LogP contribution is -2.13. The Bertz CT molecular complexity index is 2440. The predicted molar refractivity (Wildman–Crippen MR) is 206 cm³/mol. The molecule has 6 rings (SSSR count). The van der Waals surface area contributed by atoms with Gasteiger partial charge in [0.1, 0.15) is 0 Å². The van der Waals surface area contributed by atoms with Crippen LogP contribution in [0.4, 0.5) is 17.1 Å². The fraction of sp³-hybridized carbons (Fsp3) is 0.122. The van der Waals surface area contributed by atoms with Gasteiger partial charge >= 0.3 is 0 Å². The van der Waals surface area contributed by atoms with Gasteiger partial charge in [-0.2, -0.15) is 25.3 Å². The van der Waals surface area contributed by atoms with Gasteiger partial charge in [0, 0.05) is 17.1 Å². The maximum absolute atomic E-state index is 13.0. The monoisotopic (exact) mass is 783 g/mol. The lowest BCUT2D eigenvalue weighted by atomic mass is 10.0. The molecule has 278 valence electrons. The quantitative estimate of drug-likeness (QED) is 0.0934. The van der Waals surface area contributed by atoms with Gasteiger partial charge in [-0.1, -0.05) is 78.9 Å². The molecule has 0 atom stereocenters. The van der Waals surface area contributed by atoms with Crippen LogP contribution in [0.5, 0.6) is 0 Å². The molecular weight excluding hydrogens is 747 g/mol. The van der Waals surface area contributed by atoms with Gasteiger partial charge in [-0.15, -0.1) is 0 Å². The third kappa shape index (κ3) is 9.31. The van der Waals surface area contributed by atoms with Gasteiger partial charge in [-0.25, -0.2) is 0 Å². The zero-order valence-electron chi connectivity index (χ0n) is 29.4. The average molecular weight is 784 g/mol. The maximum Gasteiger partial charge on any atom is 0.297 e. The molecule has 0 saturated heterocycles. The molecule has 0 aliphatic heterocycles. The maximum atomic E-state index is 13.0. The lowest BCUT2D eigenvalue weighted by molar-refractivity contribution is 0.306. The highest BCUT2D eigenvalue weighted by atomic mass is 32.2. The molecule has 0 saturated carbocycles. The third-order valence-electron chi connectivity index (χ3n) is 8.57. The summed E-state index contributed by atoms with van der Waals surface area (Å²) < 4.78 is 94.2. The van der Waals surface area contributed by atoms with Gasteiger partial charge in [0.25, 0.3) is 30.4 Å². The summed E-state index contributed by atoms with van der Waals surface area (Å²) in [6.07, 6.45) is 0. The summed E-state index contributed by atoms with van der Waals surface area (Å²) in [5, 5.41) is 0. The summed E-state index contributed by atoms with van der Waals surface area (Å²) in [5.41, 5.74) is 5.22. The zero-order chi connectivity index (χ0) is 38.3. The van der Waals surface area contributed by atoms with Crippen molar-refractivity contribution in [3.63, 3.8) is 0 Å². The van der Waals surface area contributed by atoms with E-state index in [1.165, 1.54) is 36.4 Å². The summed E-state index contributed by atoms with van der Waals surface area (Å²) in [5.74, 6) is 0.